The fraction of sp³-hybridized carbons (Fsp3) is 0.300. The second-order valence-electron chi connectivity index (χ2n) is 3.53. The van der Waals surface area contributed by atoms with Crippen LogP contribution in [-0.4, -0.2) is 23.3 Å². The van der Waals surface area contributed by atoms with Crippen molar-refractivity contribution in [2.24, 2.45) is 0 Å². The summed E-state index contributed by atoms with van der Waals surface area (Å²) in [5.41, 5.74) is 0.812. The highest BCUT2D eigenvalue weighted by Gasteiger charge is 2.54. The molecule has 0 saturated carbocycles. The van der Waals surface area contributed by atoms with Gasteiger partial charge in [-0.05, 0) is 50.9 Å². The van der Waals surface area contributed by atoms with Gasteiger partial charge in [0.25, 0.3) is 12.6 Å². The lowest BCUT2D eigenvalue weighted by Crippen LogP contribution is -2.50. The number of carbonyl (C=O) groups excluding carboxylic acids is 1. The largest absolute Gasteiger partial charge is 0.290 e. The fourth-order valence-corrected chi connectivity index (χ4v) is 4.62. The minimum atomic E-state index is -3.80. The molecule has 0 spiro atoms. The first-order chi connectivity index (χ1) is 7.84. The van der Waals surface area contributed by atoms with Crippen LogP contribution in [0.1, 0.15) is 17.3 Å². The van der Waals surface area contributed by atoms with E-state index in [1.54, 1.807) is 31.2 Å². The third-order valence-electron chi connectivity index (χ3n) is 2.58. The summed E-state index contributed by atoms with van der Waals surface area (Å²) in [5, 5.41) is 0. The molecule has 7 heteroatoms. The molecule has 0 fully saturated rings. The van der Waals surface area contributed by atoms with Crippen LogP contribution < -0.4 is 4.31 Å². The van der Waals surface area contributed by atoms with Crippen molar-refractivity contribution in [2.75, 3.05) is 10.8 Å². The number of para-hydroxylation sites is 1. The topological polar surface area (TPSA) is 54.5 Å². The lowest BCUT2D eigenvalue weighted by molar-refractivity contribution is 0.100. The standard InChI is InChI=1S/C10H9Br2NO3S/c1-2-13-8-6-4-3-5-7(8)9(14)10(11,12)17(13,15)16/h3-6H,2H2,1H3. The van der Waals surface area contributed by atoms with Crippen molar-refractivity contribution >= 4 is 53.4 Å². The van der Waals surface area contributed by atoms with Crippen molar-refractivity contribution in [1.29, 1.82) is 0 Å². The zero-order valence-electron chi connectivity index (χ0n) is 8.85. The Morgan fingerprint density at radius 2 is 1.88 bits per heavy atom. The highest BCUT2D eigenvalue weighted by atomic mass is 79.9. The third kappa shape index (κ3) is 1.67. The molecule has 0 radical (unpaired) electrons. The first-order valence-electron chi connectivity index (χ1n) is 4.88. The van der Waals surface area contributed by atoms with Crippen molar-refractivity contribution in [3.8, 4) is 0 Å². The number of sulfonamides is 1. The lowest BCUT2D eigenvalue weighted by atomic mass is 10.1. The smallest absolute Gasteiger partial charge is 0.269 e. The summed E-state index contributed by atoms with van der Waals surface area (Å²) in [4.78, 5) is 12.1. The van der Waals surface area contributed by atoms with E-state index in [0.29, 0.717) is 11.3 Å². The molecule has 17 heavy (non-hydrogen) atoms. The number of anilines is 1. The normalized spacial score (nSPS) is 21.1. The Morgan fingerprint density at radius 3 is 2.47 bits per heavy atom. The average Bonchev–Trinajstić information content (AvgIpc) is 2.28. The SMILES string of the molecule is CCN1c2ccccc2C(=O)C(Br)(Br)S1(=O)=O. The van der Waals surface area contributed by atoms with Crippen LogP contribution in [0.15, 0.2) is 24.3 Å². The Morgan fingerprint density at radius 1 is 1.29 bits per heavy atom. The van der Waals surface area contributed by atoms with Crippen LogP contribution in [0.3, 0.4) is 0 Å². The molecule has 1 aliphatic rings. The molecule has 2 rings (SSSR count). The van der Waals surface area contributed by atoms with E-state index in [9.17, 15) is 13.2 Å². The van der Waals surface area contributed by atoms with Gasteiger partial charge in [-0.2, -0.15) is 0 Å². The van der Waals surface area contributed by atoms with Gasteiger partial charge in [0.1, 0.15) is 0 Å². The zero-order chi connectivity index (χ0) is 12.8. The minimum absolute atomic E-state index is 0.269. The molecule has 0 unspecified atom stereocenters. The maximum absolute atomic E-state index is 12.3. The van der Waals surface area contributed by atoms with Gasteiger partial charge in [0.15, 0.2) is 0 Å². The average molecular weight is 383 g/mol. The molecule has 1 aliphatic heterocycles. The molecule has 92 valence electrons. The Hall–Kier alpha value is -0.400. The molecule has 1 aromatic rings. The van der Waals surface area contributed by atoms with E-state index in [1.165, 1.54) is 4.31 Å². The molecule has 1 aromatic carbocycles. The van der Waals surface area contributed by atoms with Gasteiger partial charge in [0.05, 0.1) is 5.69 Å². The van der Waals surface area contributed by atoms with Crippen LogP contribution in [0, 0.1) is 0 Å². The van der Waals surface area contributed by atoms with Gasteiger partial charge in [-0.15, -0.1) is 0 Å². The maximum Gasteiger partial charge on any atom is 0.269 e. The molecule has 0 atom stereocenters. The Bertz CT molecular complexity index is 583. The summed E-state index contributed by atoms with van der Waals surface area (Å²) in [6.45, 7) is 1.99. The van der Waals surface area contributed by atoms with Gasteiger partial charge < -0.3 is 0 Å². The molecule has 1 heterocycles. The van der Waals surface area contributed by atoms with Gasteiger partial charge in [-0.3, -0.25) is 9.10 Å². The summed E-state index contributed by atoms with van der Waals surface area (Å²) in [7, 11) is -3.80. The number of ketones is 1. The Balaban J connectivity index is 2.80. The van der Waals surface area contributed by atoms with Crippen molar-refractivity contribution in [2.45, 2.75) is 9.49 Å². The second kappa shape index (κ2) is 4.07. The molecule has 0 amide bonds. The molecule has 4 nitrogen and oxygen atoms in total. The number of carbonyl (C=O) groups is 1. The lowest BCUT2D eigenvalue weighted by Gasteiger charge is -2.35. The van der Waals surface area contributed by atoms with Crippen LogP contribution in [0.2, 0.25) is 0 Å². The van der Waals surface area contributed by atoms with Gasteiger partial charge in [-0.25, -0.2) is 8.42 Å². The minimum Gasteiger partial charge on any atom is -0.290 e. The predicted octanol–water partition coefficient (Wildman–Crippen LogP) is 2.48. The predicted molar refractivity (Wildman–Crippen MR) is 73.3 cm³/mol. The van der Waals surface area contributed by atoms with Crippen LogP contribution in [0.25, 0.3) is 0 Å². The van der Waals surface area contributed by atoms with Crippen molar-refractivity contribution in [3.05, 3.63) is 29.8 Å². The highest BCUT2D eigenvalue weighted by Crippen LogP contribution is 2.45. The van der Waals surface area contributed by atoms with E-state index >= 15 is 0 Å². The van der Waals surface area contributed by atoms with E-state index in [-0.39, 0.29) is 6.54 Å². The van der Waals surface area contributed by atoms with Gasteiger partial charge in [0, 0.05) is 12.1 Å². The summed E-state index contributed by atoms with van der Waals surface area (Å²) < 4.78 is 23.9. The second-order valence-corrected chi connectivity index (χ2v) is 10.0. The quantitative estimate of drug-likeness (QED) is 0.701. The molecule has 0 saturated heterocycles. The molecular weight excluding hydrogens is 374 g/mol. The summed E-state index contributed by atoms with van der Waals surface area (Å²) in [5.74, 6) is -0.502. The van der Waals surface area contributed by atoms with E-state index in [2.05, 4.69) is 31.9 Å². The molecule has 0 N–H and O–H groups in total. The first-order valence-corrected chi connectivity index (χ1v) is 7.90. The number of fused-ring (bicyclic) bond motifs is 1. The molecule has 0 bridgehead atoms. The van der Waals surface area contributed by atoms with Crippen LogP contribution in [0.5, 0.6) is 0 Å². The number of rotatable bonds is 1. The van der Waals surface area contributed by atoms with E-state index < -0.39 is 18.4 Å². The number of hydrogen-bond donors (Lipinski definition) is 0. The number of alkyl halides is 2. The number of Topliss-reactive ketones (excluding diaryl/α,β-unsaturated/α-hetero) is 1. The molecule has 0 aromatic heterocycles. The third-order valence-corrected chi connectivity index (χ3v) is 7.63. The number of hydrogen-bond acceptors (Lipinski definition) is 3. The van der Waals surface area contributed by atoms with Crippen molar-refractivity contribution < 1.29 is 13.2 Å². The Kier molecular flexibility index (Phi) is 3.12. The number of halogens is 2. The zero-order valence-corrected chi connectivity index (χ0v) is 12.8. The van der Waals surface area contributed by atoms with E-state index in [1.807, 2.05) is 0 Å². The van der Waals surface area contributed by atoms with Gasteiger partial charge in [-0.1, -0.05) is 12.1 Å². The number of nitrogens with zero attached hydrogens (tertiary/aromatic N) is 1. The van der Waals surface area contributed by atoms with Gasteiger partial charge >= 0.3 is 0 Å². The number of benzene rings is 1. The maximum atomic E-state index is 12.3. The highest BCUT2D eigenvalue weighted by molar-refractivity contribution is 9.28. The van der Waals surface area contributed by atoms with Gasteiger partial charge in [0.2, 0.25) is 5.78 Å². The first kappa shape index (κ1) is 13.0. The summed E-state index contributed by atoms with van der Waals surface area (Å²) in [6.07, 6.45) is 0. The summed E-state index contributed by atoms with van der Waals surface area (Å²) in [6, 6.07) is 6.66. The van der Waals surface area contributed by atoms with Crippen molar-refractivity contribution in [3.63, 3.8) is 0 Å². The summed E-state index contributed by atoms with van der Waals surface area (Å²) >= 11 is 5.94. The fourth-order valence-electron chi connectivity index (χ4n) is 1.77. The Labute approximate surface area is 116 Å². The molecule has 0 aliphatic carbocycles. The van der Waals surface area contributed by atoms with Crippen molar-refractivity contribution in [1.82, 2.24) is 0 Å². The van der Waals surface area contributed by atoms with Crippen LogP contribution in [-0.2, 0) is 10.0 Å². The monoisotopic (exact) mass is 381 g/mol. The van der Waals surface area contributed by atoms with E-state index in [4.69, 9.17) is 0 Å². The van der Waals surface area contributed by atoms with Crippen LogP contribution in [0.4, 0.5) is 5.69 Å². The van der Waals surface area contributed by atoms with Crippen LogP contribution >= 0.6 is 31.9 Å². The molecular formula is C10H9Br2NO3S. The van der Waals surface area contributed by atoms with E-state index in [0.717, 1.165) is 0 Å².